The average Bonchev–Trinajstić information content (AvgIpc) is 2.15. The fraction of sp³-hybridized carbons (Fsp3) is 0.333. The molecule has 4 heteroatoms. The van der Waals surface area contributed by atoms with E-state index in [1.807, 2.05) is 6.92 Å². The molecule has 0 aliphatic heterocycles. The van der Waals surface area contributed by atoms with Gasteiger partial charge in [-0.05, 0) is 6.92 Å². The molecule has 0 fully saturated rings. The van der Waals surface area contributed by atoms with E-state index >= 15 is 0 Å². The van der Waals surface area contributed by atoms with Crippen molar-refractivity contribution < 1.29 is 4.79 Å². The second-order valence-electron chi connectivity index (χ2n) is 2.65. The molecule has 0 bridgehead atoms. The van der Waals surface area contributed by atoms with E-state index < -0.39 is 0 Å². The molecule has 1 amide bonds. The van der Waals surface area contributed by atoms with Crippen LogP contribution in [0.3, 0.4) is 0 Å². The highest BCUT2D eigenvalue weighted by molar-refractivity contribution is 5.91. The Balaban J connectivity index is 2.89. The van der Waals surface area contributed by atoms with Crippen LogP contribution in [-0.4, -0.2) is 34.4 Å². The molecule has 4 nitrogen and oxygen atoms in total. The van der Waals surface area contributed by atoms with Crippen LogP contribution in [0.15, 0.2) is 12.4 Å². The van der Waals surface area contributed by atoms with E-state index in [-0.39, 0.29) is 17.3 Å². The molecule has 0 aliphatic carbocycles. The van der Waals surface area contributed by atoms with Gasteiger partial charge in [0, 0.05) is 26.7 Å². The maximum absolute atomic E-state index is 11.5. The number of carbonyl (C=O) groups is 1. The first-order chi connectivity index (χ1) is 6.15. The van der Waals surface area contributed by atoms with Gasteiger partial charge in [-0.15, -0.1) is 0 Å². The molecule has 0 atom stereocenters. The molecule has 1 aromatic heterocycles. The van der Waals surface area contributed by atoms with Crippen LogP contribution in [-0.2, 0) is 0 Å². The molecular formula is C9H11N3O. The minimum Gasteiger partial charge on any atom is -0.341 e. The van der Waals surface area contributed by atoms with Crippen LogP contribution >= 0.6 is 0 Å². The quantitative estimate of drug-likeness (QED) is 0.665. The van der Waals surface area contributed by atoms with Crippen molar-refractivity contribution >= 4 is 5.91 Å². The van der Waals surface area contributed by atoms with E-state index in [0.29, 0.717) is 6.54 Å². The number of nitrogens with zero attached hydrogens (tertiary/aromatic N) is 3. The molecule has 1 heterocycles. The van der Waals surface area contributed by atoms with Crippen molar-refractivity contribution in [3.63, 3.8) is 0 Å². The topological polar surface area (TPSA) is 46.1 Å². The molecule has 2 radical (unpaired) electrons. The van der Waals surface area contributed by atoms with Crippen molar-refractivity contribution in [3.8, 4) is 0 Å². The van der Waals surface area contributed by atoms with Crippen molar-refractivity contribution in [2.75, 3.05) is 13.6 Å². The minimum absolute atomic E-state index is 0.165. The van der Waals surface area contributed by atoms with Gasteiger partial charge in [0.05, 0.1) is 11.9 Å². The largest absolute Gasteiger partial charge is 0.341 e. The van der Waals surface area contributed by atoms with Gasteiger partial charge in [0.25, 0.3) is 5.91 Å². The van der Waals surface area contributed by atoms with Crippen molar-refractivity contribution in [1.29, 1.82) is 0 Å². The molecule has 68 valence electrons. The monoisotopic (exact) mass is 177 g/mol. The number of hydrogen-bond acceptors (Lipinski definition) is 3. The van der Waals surface area contributed by atoms with Gasteiger partial charge in [-0.3, -0.25) is 9.78 Å². The van der Waals surface area contributed by atoms with Crippen LogP contribution < -0.4 is 0 Å². The maximum atomic E-state index is 11.5. The summed E-state index contributed by atoms with van der Waals surface area (Å²) in [6.07, 6.45) is 2.81. The van der Waals surface area contributed by atoms with Gasteiger partial charge in [-0.2, -0.15) is 0 Å². The fourth-order valence-electron chi connectivity index (χ4n) is 0.823. The van der Waals surface area contributed by atoms with Crippen LogP contribution in [0.4, 0.5) is 0 Å². The molecule has 0 N–H and O–H groups in total. The standard InChI is InChI=1S/C9H11N3O/c1-4-12(3)9(13)8-6-10-5-7(2)11-8/h2,5-6H,4H2,1,3H3. The van der Waals surface area contributed by atoms with Crippen molar-refractivity contribution in [3.05, 3.63) is 30.7 Å². The Labute approximate surface area is 77.6 Å². The van der Waals surface area contributed by atoms with Gasteiger partial charge in [0.15, 0.2) is 0 Å². The van der Waals surface area contributed by atoms with Crippen LogP contribution in [0.5, 0.6) is 0 Å². The first-order valence-corrected chi connectivity index (χ1v) is 3.98. The smallest absolute Gasteiger partial charge is 0.273 e. The first kappa shape index (κ1) is 9.64. The average molecular weight is 177 g/mol. The van der Waals surface area contributed by atoms with E-state index in [1.54, 1.807) is 11.9 Å². The third-order valence-electron chi connectivity index (χ3n) is 1.69. The lowest BCUT2D eigenvalue weighted by Gasteiger charge is -2.13. The Morgan fingerprint density at radius 1 is 1.62 bits per heavy atom. The summed E-state index contributed by atoms with van der Waals surface area (Å²) in [5.41, 5.74) is 0.541. The molecule has 1 rings (SSSR count). The zero-order chi connectivity index (χ0) is 9.84. The van der Waals surface area contributed by atoms with Gasteiger partial charge in [-0.25, -0.2) is 4.98 Å². The Kier molecular flexibility index (Phi) is 2.95. The number of carbonyl (C=O) groups excluding carboxylic acids is 1. The second-order valence-corrected chi connectivity index (χ2v) is 2.65. The predicted molar refractivity (Wildman–Crippen MR) is 48.1 cm³/mol. The number of aromatic nitrogens is 2. The molecule has 1 aromatic rings. The Morgan fingerprint density at radius 2 is 2.31 bits per heavy atom. The molecule has 0 aliphatic rings. The molecule has 0 saturated carbocycles. The third kappa shape index (κ3) is 2.24. The summed E-state index contributed by atoms with van der Waals surface area (Å²) >= 11 is 0. The fourth-order valence-corrected chi connectivity index (χ4v) is 0.823. The summed E-state index contributed by atoms with van der Waals surface area (Å²) < 4.78 is 0. The van der Waals surface area contributed by atoms with E-state index in [9.17, 15) is 4.79 Å². The minimum atomic E-state index is -0.165. The molecule has 0 unspecified atom stereocenters. The van der Waals surface area contributed by atoms with Crippen LogP contribution in [0, 0.1) is 6.92 Å². The third-order valence-corrected chi connectivity index (χ3v) is 1.69. The highest BCUT2D eigenvalue weighted by Gasteiger charge is 2.11. The molecule has 0 aromatic carbocycles. The van der Waals surface area contributed by atoms with E-state index in [4.69, 9.17) is 6.92 Å². The highest BCUT2D eigenvalue weighted by atomic mass is 16.2. The lowest BCUT2D eigenvalue weighted by atomic mass is 10.3. The number of hydrogen-bond donors (Lipinski definition) is 0. The van der Waals surface area contributed by atoms with Gasteiger partial charge in [0.2, 0.25) is 0 Å². The number of rotatable bonds is 2. The summed E-state index contributed by atoms with van der Waals surface area (Å²) in [5, 5.41) is 0. The zero-order valence-corrected chi connectivity index (χ0v) is 7.69. The van der Waals surface area contributed by atoms with Gasteiger partial charge < -0.3 is 4.90 Å². The summed E-state index contributed by atoms with van der Waals surface area (Å²) in [4.78, 5) is 20.7. The lowest BCUT2D eigenvalue weighted by molar-refractivity contribution is 0.0796. The van der Waals surface area contributed by atoms with Crippen molar-refractivity contribution in [2.45, 2.75) is 6.92 Å². The van der Waals surface area contributed by atoms with Crippen LogP contribution in [0.2, 0.25) is 0 Å². The van der Waals surface area contributed by atoms with Crippen LogP contribution in [0.1, 0.15) is 23.1 Å². The Hall–Kier alpha value is -1.45. The lowest BCUT2D eigenvalue weighted by Crippen LogP contribution is -2.27. The SMILES string of the molecule is [CH]c1cncc(C(=O)N(C)CC)n1. The van der Waals surface area contributed by atoms with Crippen LogP contribution in [0.25, 0.3) is 0 Å². The summed E-state index contributed by atoms with van der Waals surface area (Å²) in [7, 11) is 1.70. The van der Waals surface area contributed by atoms with E-state index in [1.165, 1.54) is 12.4 Å². The van der Waals surface area contributed by atoms with Gasteiger partial charge in [-0.1, -0.05) is 0 Å². The predicted octanol–water partition coefficient (Wildman–Crippen LogP) is 0.628. The molecule has 0 saturated heterocycles. The normalized spacial score (nSPS) is 9.77. The summed E-state index contributed by atoms with van der Waals surface area (Å²) in [6, 6.07) is 0. The summed E-state index contributed by atoms with van der Waals surface area (Å²) in [6.45, 7) is 7.91. The zero-order valence-electron chi connectivity index (χ0n) is 7.69. The molecular weight excluding hydrogens is 166 g/mol. The first-order valence-electron chi connectivity index (χ1n) is 3.98. The highest BCUT2D eigenvalue weighted by Crippen LogP contribution is 1.99. The Bertz CT molecular complexity index is 311. The van der Waals surface area contributed by atoms with Crippen molar-refractivity contribution in [1.82, 2.24) is 14.9 Å². The van der Waals surface area contributed by atoms with Gasteiger partial charge in [0.1, 0.15) is 5.69 Å². The summed E-state index contributed by atoms with van der Waals surface area (Å²) in [5.74, 6) is -0.165. The molecule has 0 spiro atoms. The Morgan fingerprint density at radius 3 is 2.85 bits per heavy atom. The van der Waals surface area contributed by atoms with E-state index in [2.05, 4.69) is 9.97 Å². The molecule has 13 heavy (non-hydrogen) atoms. The second kappa shape index (κ2) is 3.98. The van der Waals surface area contributed by atoms with E-state index in [0.717, 1.165) is 0 Å². The number of amides is 1. The van der Waals surface area contributed by atoms with Crippen molar-refractivity contribution in [2.24, 2.45) is 0 Å². The van der Waals surface area contributed by atoms with Gasteiger partial charge >= 0.3 is 0 Å². The maximum Gasteiger partial charge on any atom is 0.273 e.